The van der Waals surface area contributed by atoms with Gasteiger partial charge in [0.1, 0.15) is 5.60 Å². The smallest absolute Gasteiger partial charge is 0.321 e. The number of ether oxygens (including phenoxy) is 1. The van der Waals surface area contributed by atoms with E-state index < -0.39 is 5.60 Å². The topological polar surface area (TPSA) is 60.2 Å². The molecule has 0 aliphatic heterocycles. The van der Waals surface area contributed by atoms with Gasteiger partial charge in [0, 0.05) is 13.2 Å². The van der Waals surface area contributed by atoms with Crippen LogP contribution in [0.4, 0.5) is 6.01 Å². The fraction of sp³-hybridized carbons (Fsp3) is 0.833. The van der Waals surface area contributed by atoms with Crippen LogP contribution in [0.25, 0.3) is 0 Å². The second kappa shape index (κ2) is 6.00. The molecule has 1 rings (SSSR count). The molecule has 1 atom stereocenters. The Balaban J connectivity index is 2.71. The van der Waals surface area contributed by atoms with Gasteiger partial charge in [0.05, 0.1) is 0 Å². The van der Waals surface area contributed by atoms with Crippen LogP contribution >= 0.6 is 0 Å². The molecule has 0 radical (unpaired) electrons. The predicted octanol–water partition coefficient (Wildman–Crippen LogP) is 2.80. The molecule has 0 aromatic carbocycles. The van der Waals surface area contributed by atoms with Gasteiger partial charge < -0.3 is 14.6 Å². The molecule has 1 unspecified atom stereocenters. The molecule has 0 saturated carbocycles. The molecule has 5 heteroatoms. The third kappa shape index (κ3) is 3.70. The third-order valence-electron chi connectivity index (χ3n) is 2.70. The monoisotopic (exact) mass is 241 g/mol. The van der Waals surface area contributed by atoms with Gasteiger partial charge in [-0.15, -0.1) is 0 Å². The minimum absolute atomic E-state index is 0.462. The van der Waals surface area contributed by atoms with E-state index in [1.165, 1.54) is 0 Å². The third-order valence-corrected chi connectivity index (χ3v) is 2.70. The fourth-order valence-electron chi connectivity index (χ4n) is 1.44. The zero-order valence-electron chi connectivity index (χ0n) is 11.4. The summed E-state index contributed by atoms with van der Waals surface area (Å²) in [4.78, 5) is 4.33. The van der Waals surface area contributed by atoms with Gasteiger partial charge in [0.2, 0.25) is 5.82 Å². The number of nitrogens with one attached hydrogen (secondary N) is 1. The van der Waals surface area contributed by atoms with E-state index >= 15 is 0 Å². The molecule has 17 heavy (non-hydrogen) atoms. The van der Waals surface area contributed by atoms with Crippen LogP contribution in [0.3, 0.4) is 0 Å². The highest BCUT2D eigenvalue weighted by molar-refractivity contribution is 5.19. The molecule has 1 N–H and O–H groups in total. The standard InChI is InChI=1S/C12H23N3O2/c1-6-12(5,16-7-2)10-14-11(17-15-10)13-8-9(3)4/h9H,6-8H2,1-5H3,(H,13,14,15). The number of anilines is 1. The van der Waals surface area contributed by atoms with Crippen molar-refractivity contribution in [1.29, 1.82) is 0 Å². The second-order valence-corrected chi connectivity index (χ2v) is 4.72. The molecule has 0 saturated heterocycles. The molecular weight excluding hydrogens is 218 g/mol. The Morgan fingerprint density at radius 1 is 1.41 bits per heavy atom. The van der Waals surface area contributed by atoms with E-state index in [1.807, 2.05) is 20.8 Å². The van der Waals surface area contributed by atoms with Gasteiger partial charge in [-0.25, -0.2) is 0 Å². The summed E-state index contributed by atoms with van der Waals surface area (Å²) in [5, 5.41) is 7.09. The Morgan fingerprint density at radius 3 is 2.65 bits per heavy atom. The van der Waals surface area contributed by atoms with Crippen LogP contribution in [0.1, 0.15) is 46.9 Å². The molecule has 98 valence electrons. The van der Waals surface area contributed by atoms with Crippen LogP contribution < -0.4 is 5.32 Å². The normalized spacial score (nSPS) is 14.9. The van der Waals surface area contributed by atoms with E-state index in [1.54, 1.807) is 0 Å². The lowest BCUT2D eigenvalue weighted by atomic mass is 10.0. The van der Waals surface area contributed by atoms with Crippen LogP contribution in [-0.2, 0) is 10.3 Å². The average Bonchev–Trinajstić information content (AvgIpc) is 2.75. The molecule has 0 aliphatic carbocycles. The minimum Gasteiger partial charge on any atom is -0.367 e. The van der Waals surface area contributed by atoms with Crippen molar-refractivity contribution in [3.8, 4) is 0 Å². The largest absolute Gasteiger partial charge is 0.367 e. The molecule has 0 aliphatic rings. The Kier molecular flexibility index (Phi) is 4.93. The van der Waals surface area contributed by atoms with Crippen molar-refractivity contribution < 1.29 is 9.26 Å². The van der Waals surface area contributed by atoms with E-state index in [2.05, 4.69) is 29.3 Å². The van der Waals surface area contributed by atoms with Gasteiger partial charge in [0.15, 0.2) is 0 Å². The molecule has 0 amide bonds. The minimum atomic E-state index is -0.462. The maximum absolute atomic E-state index is 5.69. The van der Waals surface area contributed by atoms with Gasteiger partial charge >= 0.3 is 6.01 Å². The number of hydrogen-bond donors (Lipinski definition) is 1. The van der Waals surface area contributed by atoms with Crippen molar-refractivity contribution in [2.45, 2.75) is 46.6 Å². The van der Waals surface area contributed by atoms with Crippen molar-refractivity contribution in [2.75, 3.05) is 18.5 Å². The first-order valence-electron chi connectivity index (χ1n) is 6.23. The van der Waals surface area contributed by atoms with E-state index in [-0.39, 0.29) is 0 Å². The Bertz CT molecular complexity index is 338. The lowest BCUT2D eigenvalue weighted by Gasteiger charge is -2.23. The highest BCUT2D eigenvalue weighted by atomic mass is 16.5. The van der Waals surface area contributed by atoms with E-state index in [9.17, 15) is 0 Å². The van der Waals surface area contributed by atoms with Crippen LogP contribution in [0.2, 0.25) is 0 Å². The van der Waals surface area contributed by atoms with Crippen molar-refractivity contribution in [1.82, 2.24) is 10.1 Å². The van der Waals surface area contributed by atoms with Crippen LogP contribution in [0.5, 0.6) is 0 Å². The first-order chi connectivity index (χ1) is 8.01. The van der Waals surface area contributed by atoms with Gasteiger partial charge in [-0.05, 0) is 26.2 Å². The highest BCUT2D eigenvalue weighted by Crippen LogP contribution is 2.27. The quantitative estimate of drug-likeness (QED) is 0.795. The Labute approximate surface area is 103 Å². The Morgan fingerprint density at radius 2 is 2.12 bits per heavy atom. The van der Waals surface area contributed by atoms with Gasteiger partial charge in [-0.2, -0.15) is 4.98 Å². The van der Waals surface area contributed by atoms with Crippen LogP contribution in [0.15, 0.2) is 4.52 Å². The number of aromatic nitrogens is 2. The SMILES string of the molecule is CCOC(C)(CC)c1noc(NCC(C)C)n1. The molecule has 1 aromatic heterocycles. The van der Waals surface area contributed by atoms with E-state index in [4.69, 9.17) is 9.26 Å². The molecule has 1 aromatic rings. The molecular formula is C12H23N3O2. The lowest BCUT2D eigenvalue weighted by molar-refractivity contribution is -0.0403. The van der Waals surface area contributed by atoms with Crippen molar-refractivity contribution in [3.05, 3.63) is 5.82 Å². The van der Waals surface area contributed by atoms with Crippen LogP contribution in [-0.4, -0.2) is 23.3 Å². The summed E-state index contributed by atoms with van der Waals surface area (Å²) >= 11 is 0. The number of rotatable bonds is 7. The first kappa shape index (κ1) is 14.0. The van der Waals surface area contributed by atoms with Crippen molar-refractivity contribution in [3.63, 3.8) is 0 Å². The van der Waals surface area contributed by atoms with Crippen LogP contribution in [0, 0.1) is 5.92 Å². The maximum Gasteiger partial charge on any atom is 0.321 e. The summed E-state index contributed by atoms with van der Waals surface area (Å²) in [5.41, 5.74) is -0.462. The van der Waals surface area contributed by atoms with Gasteiger partial charge in [-0.3, -0.25) is 0 Å². The van der Waals surface area contributed by atoms with Gasteiger partial charge in [-0.1, -0.05) is 25.9 Å². The summed E-state index contributed by atoms with van der Waals surface area (Å²) < 4.78 is 10.8. The second-order valence-electron chi connectivity index (χ2n) is 4.72. The zero-order valence-corrected chi connectivity index (χ0v) is 11.4. The molecule has 0 spiro atoms. The summed E-state index contributed by atoms with van der Waals surface area (Å²) in [7, 11) is 0. The average molecular weight is 241 g/mol. The van der Waals surface area contributed by atoms with E-state index in [0.29, 0.717) is 24.4 Å². The first-order valence-corrected chi connectivity index (χ1v) is 6.23. The molecule has 0 fully saturated rings. The maximum atomic E-state index is 5.69. The zero-order chi connectivity index (χ0) is 12.9. The number of nitrogens with zero attached hydrogens (tertiary/aromatic N) is 2. The fourth-order valence-corrected chi connectivity index (χ4v) is 1.44. The summed E-state index contributed by atoms with van der Waals surface area (Å²) in [6, 6.07) is 0.466. The van der Waals surface area contributed by atoms with Crippen molar-refractivity contribution in [2.24, 2.45) is 5.92 Å². The van der Waals surface area contributed by atoms with Crippen molar-refractivity contribution >= 4 is 6.01 Å². The molecule has 0 bridgehead atoms. The Hall–Kier alpha value is -1.10. The highest BCUT2D eigenvalue weighted by Gasteiger charge is 2.30. The molecule has 5 nitrogen and oxygen atoms in total. The predicted molar refractivity (Wildman–Crippen MR) is 66.9 cm³/mol. The number of hydrogen-bond acceptors (Lipinski definition) is 5. The summed E-state index contributed by atoms with van der Waals surface area (Å²) in [6.07, 6.45) is 0.810. The lowest BCUT2D eigenvalue weighted by Crippen LogP contribution is -2.26. The summed E-state index contributed by atoms with van der Waals surface area (Å²) in [6.45, 7) is 11.7. The summed E-state index contributed by atoms with van der Waals surface area (Å²) in [5.74, 6) is 1.14. The van der Waals surface area contributed by atoms with E-state index in [0.717, 1.165) is 13.0 Å². The van der Waals surface area contributed by atoms with Gasteiger partial charge in [0.25, 0.3) is 0 Å². The molecule has 1 heterocycles.